The minimum atomic E-state index is 0.558. The van der Waals surface area contributed by atoms with Gasteiger partial charge in [0.25, 0.3) is 0 Å². The summed E-state index contributed by atoms with van der Waals surface area (Å²) in [7, 11) is 0. The average molecular weight is 235 g/mol. The maximum absolute atomic E-state index is 6.19. The van der Waals surface area contributed by atoms with E-state index in [1.54, 1.807) is 0 Å². The van der Waals surface area contributed by atoms with E-state index in [-0.39, 0.29) is 0 Å². The molecule has 2 atom stereocenters. The number of aromatic nitrogens is 2. The Morgan fingerprint density at radius 3 is 2.88 bits per heavy atom. The van der Waals surface area contributed by atoms with Crippen molar-refractivity contribution >= 4 is 17.2 Å². The number of hydrogen-bond acceptors (Lipinski definition) is 1. The smallest absolute Gasteiger partial charge is 0.156 e. The van der Waals surface area contributed by atoms with Crippen molar-refractivity contribution < 1.29 is 0 Å². The van der Waals surface area contributed by atoms with E-state index in [4.69, 9.17) is 16.6 Å². The van der Waals surface area contributed by atoms with Crippen LogP contribution in [0.25, 0.3) is 5.65 Å². The van der Waals surface area contributed by atoms with Crippen LogP contribution in [-0.2, 0) is 0 Å². The van der Waals surface area contributed by atoms with Crippen LogP contribution in [0.3, 0.4) is 0 Å². The van der Waals surface area contributed by atoms with Crippen molar-refractivity contribution in [3.05, 3.63) is 34.7 Å². The first-order valence-electron chi connectivity index (χ1n) is 5.85. The van der Waals surface area contributed by atoms with Gasteiger partial charge in [0.2, 0.25) is 0 Å². The number of imidazole rings is 1. The molecule has 3 heteroatoms. The van der Waals surface area contributed by atoms with Crippen LogP contribution >= 0.6 is 11.6 Å². The normalized spacial score (nSPS) is 24.7. The molecular formula is C13H15ClN2. The van der Waals surface area contributed by atoms with Gasteiger partial charge in [-0.25, -0.2) is 4.98 Å². The number of hydrogen-bond donors (Lipinski definition) is 0. The molecule has 0 saturated heterocycles. The summed E-state index contributed by atoms with van der Waals surface area (Å²) >= 11 is 6.19. The molecule has 0 spiro atoms. The Kier molecular flexibility index (Phi) is 2.21. The van der Waals surface area contributed by atoms with Crippen LogP contribution < -0.4 is 0 Å². The van der Waals surface area contributed by atoms with Crippen molar-refractivity contribution in [3.63, 3.8) is 0 Å². The first-order valence-corrected chi connectivity index (χ1v) is 6.22. The van der Waals surface area contributed by atoms with Gasteiger partial charge in [0, 0.05) is 17.8 Å². The lowest BCUT2D eigenvalue weighted by atomic mass is 9.85. The Hall–Kier alpha value is -1.02. The molecule has 1 aliphatic rings. The van der Waals surface area contributed by atoms with Crippen LogP contribution in [0.5, 0.6) is 0 Å². The van der Waals surface area contributed by atoms with E-state index < -0.39 is 0 Å². The van der Waals surface area contributed by atoms with E-state index in [1.165, 1.54) is 24.2 Å². The Labute approximate surface area is 100 Å². The number of halogens is 1. The molecular weight excluding hydrogens is 220 g/mol. The molecule has 2 heterocycles. The SMILES string of the molecule is CC1CCC(C)c2c1nc1c(Cl)cccn21. The predicted molar refractivity (Wildman–Crippen MR) is 66.3 cm³/mol. The van der Waals surface area contributed by atoms with Crippen LogP contribution in [-0.4, -0.2) is 9.38 Å². The molecule has 1 aliphatic carbocycles. The van der Waals surface area contributed by atoms with Gasteiger partial charge in [-0.1, -0.05) is 25.4 Å². The molecule has 3 rings (SSSR count). The van der Waals surface area contributed by atoms with Gasteiger partial charge in [0.05, 0.1) is 10.7 Å². The molecule has 0 N–H and O–H groups in total. The first-order chi connectivity index (χ1) is 7.68. The topological polar surface area (TPSA) is 17.3 Å². The average Bonchev–Trinajstić information content (AvgIpc) is 2.66. The number of nitrogens with zero attached hydrogens (tertiary/aromatic N) is 2. The molecule has 2 nitrogen and oxygen atoms in total. The highest BCUT2D eigenvalue weighted by molar-refractivity contribution is 6.33. The number of pyridine rings is 1. The largest absolute Gasteiger partial charge is 0.302 e. The van der Waals surface area contributed by atoms with Crippen molar-refractivity contribution in [3.8, 4) is 0 Å². The Morgan fingerprint density at radius 1 is 1.31 bits per heavy atom. The molecule has 16 heavy (non-hydrogen) atoms. The summed E-state index contributed by atoms with van der Waals surface area (Å²) in [5.74, 6) is 1.14. The van der Waals surface area contributed by atoms with Crippen LogP contribution in [0.15, 0.2) is 18.3 Å². The predicted octanol–water partition coefficient (Wildman–Crippen LogP) is 3.99. The van der Waals surface area contributed by atoms with Crippen LogP contribution in [0.2, 0.25) is 5.02 Å². The lowest BCUT2D eigenvalue weighted by molar-refractivity contribution is 0.508. The fraction of sp³-hybridized carbons (Fsp3) is 0.462. The maximum atomic E-state index is 6.19. The molecule has 2 unspecified atom stereocenters. The van der Waals surface area contributed by atoms with E-state index in [2.05, 4.69) is 24.4 Å². The fourth-order valence-corrected chi connectivity index (χ4v) is 2.90. The summed E-state index contributed by atoms with van der Waals surface area (Å²) in [5.41, 5.74) is 3.51. The lowest BCUT2D eigenvalue weighted by Gasteiger charge is -2.23. The highest BCUT2D eigenvalue weighted by Crippen LogP contribution is 2.39. The zero-order valence-corrected chi connectivity index (χ0v) is 10.3. The molecule has 0 fully saturated rings. The van der Waals surface area contributed by atoms with Crippen molar-refractivity contribution in [2.45, 2.75) is 38.5 Å². The second-order valence-electron chi connectivity index (χ2n) is 4.81. The zero-order chi connectivity index (χ0) is 11.3. The quantitative estimate of drug-likeness (QED) is 0.674. The van der Waals surface area contributed by atoms with Gasteiger partial charge in [-0.3, -0.25) is 0 Å². The van der Waals surface area contributed by atoms with Crippen molar-refractivity contribution in [1.29, 1.82) is 0 Å². The number of fused-ring (bicyclic) bond motifs is 3. The van der Waals surface area contributed by atoms with Crippen molar-refractivity contribution in [2.24, 2.45) is 0 Å². The van der Waals surface area contributed by atoms with Gasteiger partial charge in [-0.15, -0.1) is 0 Å². The van der Waals surface area contributed by atoms with E-state index in [1.807, 2.05) is 12.1 Å². The van der Waals surface area contributed by atoms with E-state index in [0.29, 0.717) is 11.8 Å². The van der Waals surface area contributed by atoms with Crippen LogP contribution in [0.1, 0.15) is 49.9 Å². The summed E-state index contributed by atoms with van der Waals surface area (Å²) in [6, 6.07) is 3.90. The summed E-state index contributed by atoms with van der Waals surface area (Å²) in [6.07, 6.45) is 4.55. The fourth-order valence-electron chi connectivity index (χ4n) is 2.70. The molecule has 0 saturated carbocycles. The van der Waals surface area contributed by atoms with Crippen molar-refractivity contribution in [2.75, 3.05) is 0 Å². The Morgan fingerprint density at radius 2 is 2.06 bits per heavy atom. The minimum Gasteiger partial charge on any atom is -0.302 e. The summed E-state index contributed by atoms with van der Waals surface area (Å²) in [5, 5.41) is 0.747. The summed E-state index contributed by atoms with van der Waals surface area (Å²) in [4.78, 5) is 4.72. The van der Waals surface area contributed by atoms with Gasteiger partial charge < -0.3 is 4.40 Å². The van der Waals surface area contributed by atoms with Gasteiger partial charge in [-0.2, -0.15) is 0 Å². The minimum absolute atomic E-state index is 0.558. The standard InChI is InChI=1S/C13H15ClN2/c1-8-5-6-9(2)12-11(8)15-13-10(14)4-3-7-16(12)13/h3-4,7-9H,5-6H2,1-2H3. The van der Waals surface area contributed by atoms with Gasteiger partial charge in [-0.05, 0) is 30.9 Å². The third kappa shape index (κ3) is 1.29. The Bertz CT molecular complexity index is 544. The number of rotatable bonds is 0. The zero-order valence-electron chi connectivity index (χ0n) is 9.57. The molecule has 2 aromatic rings. The monoisotopic (exact) mass is 234 g/mol. The molecule has 2 aromatic heterocycles. The molecule has 0 amide bonds. The second kappa shape index (κ2) is 3.49. The molecule has 0 bridgehead atoms. The van der Waals surface area contributed by atoms with Crippen molar-refractivity contribution in [1.82, 2.24) is 9.38 Å². The first kappa shape index (κ1) is 10.2. The lowest BCUT2D eigenvalue weighted by Crippen LogP contribution is -2.11. The third-order valence-electron chi connectivity index (χ3n) is 3.63. The molecule has 0 radical (unpaired) electrons. The molecule has 0 aliphatic heterocycles. The molecule has 0 aromatic carbocycles. The third-order valence-corrected chi connectivity index (χ3v) is 3.93. The van der Waals surface area contributed by atoms with E-state index in [9.17, 15) is 0 Å². The highest BCUT2D eigenvalue weighted by Gasteiger charge is 2.27. The van der Waals surface area contributed by atoms with Crippen LogP contribution in [0.4, 0.5) is 0 Å². The second-order valence-corrected chi connectivity index (χ2v) is 5.22. The Balaban J connectivity index is 2.37. The van der Waals surface area contributed by atoms with E-state index >= 15 is 0 Å². The highest BCUT2D eigenvalue weighted by atomic mass is 35.5. The molecule has 84 valence electrons. The maximum Gasteiger partial charge on any atom is 0.156 e. The van der Waals surface area contributed by atoms with Gasteiger partial charge in [0.15, 0.2) is 5.65 Å². The summed E-state index contributed by atoms with van der Waals surface area (Å²) < 4.78 is 2.16. The van der Waals surface area contributed by atoms with Gasteiger partial charge >= 0.3 is 0 Å². The summed E-state index contributed by atoms with van der Waals surface area (Å²) in [6.45, 7) is 4.53. The van der Waals surface area contributed by atoms with Crippen LogP contribution in [0, 0.1) is 0 Å². The van der Waals surface area contributed by atoms with Gasteiger partial charge in [0.1, 0.15) is 0 Å². The van der Waals surface area contributed by atoms with E-state index in [0.717, 1.165) is 10.7 Å².